The summed E-state index contributed by atoms with van der Waals surface area (Å²) >= 11 is 2.94. The van der Waals surface area contributed by atoms with Gasteiger partial charge in [0.15, 0.2) is 0 Å². The number of esters is 1. The van der Waals surface area contributed by atoms with Crippen LogP contribution in [0.15, 0.2) is 0 Å². The zero-order chi connectivity index (χ0) is 13.4. The molecule has 0 bridgehead atoms. The number of hydrogen-bond acceptors (Lipinski definition) is 2. The van der Waals surface area contributed by atoms with Crippen LogP contribution < -0.4 is 0 Å². The van der Waals surface area contributed by atoms with Crippen molar-refractivity contribution < 1.29 is 9.53 Å². The number of hydrogen-bond donors (Lipinski definition) is 0. The quantitative estimate of drug-likeness (QED) is 0.513. The Bertz CT molecular complexity index is 121. The maximum atomic E-state index is 10.9. The van der Waals surface area contributed by atoms with E-state index >= 15 is 0 Å². The van der Waals surface area contributed by atoms with Gasteiger partial charge in [-0.05, 0) is 18.7 Å². The van der Waals surface area contributed by atoms with Crippen molar-refractivity contribution in [3.8, 4) is 0 Å². The van der Waals surface area contributed by atoms with Crippen molar-refractivity contribution in [2.45, 2.75) is 59.8 Å². The van der Waals surface area contributed by atoms with Crippen LogP contribution in [0.5, 0.6) is 0 Å². The molecule has 0 amide bonds. The van der Waals surface area contributed by atoms with E-state index in [4.69, 9.17) is 0 Å². The molecule has 1 rings (SSSR count). The Hall–Kier alpha value is -0.0500. The van der Waals surface area contributed by atoms with Crippen LogP contribution >= 0.6 is 15.9 Å². The summed E-state index contributed by atoms with van der Waals surface area (Å²) in [6, 6.07) is 0. The summed E-state index contributed by atoms with van der Waals surface area (Å²) in [5.41, 5.74) is 0. The number of carbonyl (C=O) groups is 1. The zero-order valence-electron chi connectivity index (χ0n) is 11.8. The van der Waals surface area contributed by atoms with E-state index in [0.717, 1.165) is 12.8 Å². The molecule has 1 saturated carbocycles. The van der Waals surface area contributed by atoms with Crippen LogP contribution in [-0.2, 0) is 9.53 Å². The molecule has 2 nitrogen and oxygen atoms in total. The second-order valence-electron chi connectivity index (χ2n) is 2.86. The van der Waals surface area contributed by atoms with Crippen LogP contribution in [0.25, 0.3) is 0 Å². The molecule has 0 spiro atoms. The number of rotatable bonds is 1. The molecule has 3 heteroatoms. The first-order chi connectivity index (χ1) is 7.84. The van der Waals surface area contributed by atoms with E-state index in [9.17, 15) is 4.79 Å². The third kappa shape index (κ3) is 12.0. The van der Waals surface area contributed by atoms with E-state index in [1.54, 1.807) is 0 Å². The molecule has 0 unspecified atom stereocenters. The molecule has 0 aromatic rings. The fourth-order valence-electron chi connectivity index (χ4n) is 1.50. The van der Waals surface area contributed by atoms with Crippen molar-refractivity contribution in [3.63, 3.8) is 0 Å². The van der Waals surface area contributed by atoms with Gasteiger partial charge in [0.05, 0.1) is 13.0 Å². The molecule has 1 fully saturated rings. The van der Waals surface area contributed by atoms with E-state index in [0.29, 0.717) is 0 Å². The minimum Gasteiger partial charge on any atom is -0.469 e. The molecule has 0 aromatic heterocycles. The van der Waals surface area contributed by atoms with Crippen molar-refractivity contribution in [1.82, 2.24) is 0 Å². The zero-order valence-corrected chi connectivity index (χ0v) is 13.4. The van der Waals surface area contributed by atoms with Gasteiger partial charge in [-0.1, -0.05) is 62.9 Å². The van der Waals surface area contributed by atoms with Gasteiger partial charge >= 0.3 is 5.97 Å². The number of carbonyl (C=O) groups excluding carboxylic acids is 1. The van der Waals surface area contributed by atoms with Crippen molar-refractivity contribution in [1.29, 1.82) is 0 Å². The highest BCUT2D eigenvalue weighted by atomic mass is 79.9. The fourth-order valence-corrected chi connectivity index (χ4v) is 1.50. The highest BCUT2D eigenvalue weighted by molar-refractivity contribution is 9.08. The molecule has 1 aliphatic carbocycles. The minimum absolute atomic E-state index is 0.0142. The first-order valence-electron chi connectivity index (χ1n) is 6.30. The first-order valence-corrected chi connectivity index (χ1v) is 7.89. The lowest BCUT2D eigenvalue weighted by Crippen LogP contribution is -2.18. The van der Waals surface area contributed by atoms with Crippen molar-refractivity contribution in [2.75, 3.05) is 12.9 Å². The predicted octanol–water partition coefficient (Wildman–Crippen LogP) is 4.80. The maximum absolute atomic E-state index is 10.9. The minimum atomic E-state index is -0.0142. The van der Waals surface area contributed by atoms with Crippen LogP contribution in [0, 0.1) is 5.92 Å². The van der Waals surface area contributed by atoms with Gasteiger partial charge in [-0.15, -0.1) is 0 Å². The van der Waals surface area contributed by atoms with Crippen LogP contribution in [0.3, 0.4) is 0 Å². The predicted molar refractivity (Wildman–Crippen MR) is 76.1 cm³/mol. The first kappa shape index (κ1) is 21.3. The molecule has 100 valence electrons. The van der Waals surface area contributed by atoms with Crippen LogP contribution in [0.2, 0.25) is 0 Å². The van der Waals surface area contributed by atoms with Crippen LogP contribution in [-0.4, -0.2) is 18.9 Å². The molecule has 0 saturated heterocycles. The number of ether oxygens (including phenoxy) is 1. The Morgan fingerprint density at radius 2 is 1.38 bits per heavy atom. The van der Waals surface area contributed by atoms with Gasteiger partial charge in [0.25, 0.3) is 0 Å². The average molecular weight is 297 g/mol. The summed E-state index contributed by atoms with van der Waals surface area (Å²) in [6.45, 7) is 8.00. The van der Waals surface area contributed by atoms with Crippen molar-refractivity contribution in [2.24, 2.45) is 5.92 Å². The molecular formula is C13H29BrO2. The van der Waals surface area contributed by atoms with Gasteiger partial charge in [-0.3, -0.25) is 4.79 Å². The lowest BCUT2D eigenvalue weighted by atomic mass is 9.89. The molecule has 1 aliphatic rings. The van der Waals surface area contributed by atoms with Crippen molar-refractivity contribution >= 4 is 21.9 Å². The average Bonchev–Trinajstić information content (AvgIpc) is 2.45. The van der Waals surface area contributed by atoms with E-state index in [1.165, 1.54) is 26.4 Å². The molecule has 0 atom stereocenters. The standard InChI is InChI=1S/C8H14O2.2C2H6.CH3Br/c1-10-8(9)7-5-3-2-4-6-7;3*1-2/h7H,2-6H2,1H3;2*1-2H3;1H3. The number of methoxy groups -OCH3 is 1. The van der Waals surface area contributed by atoms with Gasteiger partial charge in [-0.2, -0.15) is 0 Å². The van der Waals surface area contributed by atoms with Gasteiger partial charge in [-0.25, -0.2) is 0 Å². The Balaban J connectivity index is -0.000000245. The SMILES string of the molecule is CBr.CC.CC.COC(=O)C1CCCCC1. The Labute approximate surface area is 110 Å². The smallest absolute Gasteiger partial charge is 0.308 e. The Kier molecular flexibility index (Phi) is 27.1. The summed E-state index contributed by atoms with van der Waals surface area (Å²) in [5.74, 6) is 2.01. The van der Waals surface area contributed by atoms with E-state index in [-0.39, 0.29) is 11.9 Å². The molecule has 0 aromatic carbocycles. The Morgan fingerprint density at radius 3 is 1.69 bits per heavy atom. The molecule has 0 radical (unpaired) electrons. The monoisotopic (exact) mass is 296 g/mol. The molecule has 16 heavy (non-hydrogen) atoms. The van der Waals surface area contributed by atoms with E-state index < -0.39 is 0 Å². The fraction of sp³-hybridized carbons (Fsp3) is 0.923. The van der Waals surface area contributed by atoms with Gasteiger partial charge in [0.2, 0.25) is 0 Å². The topological polar surface area (TPSA) is 26.3 Å². The lowest BCUT2D eigenvalue weighted by molar-refractivity contribution is -0.146. The normalized spacial score (nSPS) is 13.9. The van der Waals surface area contributed by atoms with Crippen LogP contribution in [0.4, 0.5) is 0 Å². The van der Waals surface area contributed by atoms with Crippen LogP contribution in [0.1, 0.15) is 59.8 Å². The maximum Gasteiger partial charge on any atom is 0.308 e. The number of halogens is 1. The summed E-state index contributed by atoms with van der Waals surface area (Å²) in [6.07, 6.45) is 5.74. The van der Waals surface area contributed by atoms with Gasteiger partial charge < -0.3 is 4.74 Å². The lowest BCUT2D eigenvalue weighted by Gasteiger charge is -2.18. The van der Waals surface area contributed by atoms with E-state index in [1.807, 2.05) is 33.5 Å². The van der Waals surface area contributed by atoms with Gasteiger partial charge in [0, 0.05) is 0 Å². The summed E-state index contributed by atoms with van der Waals surface area (Å²) < 4.78 is 4.65. The molecule has 0 aliphatic heterocycles. The summed E-state index contributed by atoms with van der Waals surface area (Å²) in [4.78, 5) is 10.9. The molecular weight excluding hydrogens is 268 g/mol. The second kappa shape index (κ2) is 20.4. The van der Waals surface area contributed by atoms with E-state index in [2.05, 4.69) is 20.7 Å². The summed E-state index contributed by atoms with van der Waals surface area (Å²) in [5, 5.41) is 0. The van der Waals surface area contributed by atoms with Gasteiger partial charge in [0.1, 0.15) is 0 Å². The summed E-state index contributed by atoms with van der Waals surface area (Å²) in [7, 11) is 1.47. The largest absolute Gasteiger partial charge is 0.469 e. The Morgan fingerprint density at radius 1 is 1.00 bits per heavy atom. The second-order valence-corrected chi connectivity index (χ2v) is 2.86. The van der Waals surface area contributed by atoms with Crippen molar-refractivity contribution in [3.05, 3.63) is 0 Å². The third-order valence-corrected chi connectivity index (χ3v) is 2.14. The third-order valence-electron chi connectivity index (χ3n) is 2.14. The highest BCUT2D eigenvalue weighted by Crippen LogP contribution is 2.24. The number of alkyl halides is 1. The molecule has 0 heterocycles. The molecule has 0 N–H and O–H groups in total. The highest BCUT2D eigenvalue weighted by Gasteiger charge is 2.20.